The topological polar surface area (TPSA) is 157 Å². The first-order valence-electron chi connectivity index (χ1n) is 13.8. The number of nitrogens with two attached hydrogens (primary N) is 1. The molecule has 10 nitrogen and oxygen atoms in total. The Hall–Kier alpha value is -5.07. The Bertz CT molecular complexity index is 1890. The molecular formula is C33H28BrFN4O6. The number of methoxy groups -OCH3 is 1. The SMILES string of the molecule is COc1ccc(C(=O)Nc2ccc(CNc3ccc(-c4nc5cc(CC(=O)C[C@H](N)C(=O)O)ccc5o4)cc3F)cc2)cc1Br. The Balaban J connectivity index is 1.18. The van der Waals surface area contributed by atoms with Gasteiger partial charge in [0, 0.05) is 36.2 Å². The molecule has 12 heteroatoms. The van der Waals surface area contributed by atoms with Gasteiger partial charge in [-0.2, -0.15) is 0 Å². The van der Waals surface area contributed by atoms with Crippen molar-refractivity contribution in [3.05, 3.63) is 106 Å². The summed E-state index contributed by atoms with van der Waals surface area (Å²) in [5.41, 5.74) is 9.72. The Morgan fingerprint density at radius 2 is 1.78 bits per heavy atom. The first-order valence-corrected chi connectivity index (χ1v) is 14.6. The molecule has 5 rings (SSSR count). The highest BCUT2D eigenvalue weighted by Crippen LogP contribution is 2.29. The number of halogens is 2. The van der Waals surface area contributed by atoms with Gasteiger partial charge in [0.25, 0.3) is 5.91 Å². The molecule has 0 aliphatic heterocycles. The fourth-order valence-electron chi connectivity index (χ4n) is 4.54. The van der Waals surface area contributed by atoms with Crippen LogP contribution in [0.15, 0.2) is 87.8 Å². The number of carbonyl (C=O) groups excluding carboxylic acids is 2. The van der Waals surface area contributed by atoms with Crippen LogP contribution in [0.3, 0.4) is 0 Å². The van der Waals surface area contributed by atoms with Crippen molar-refractivity contribution >= 4 is 56.1 Å². The summed E-state index contributed by atoms with van der Waals surface area (Å²) >= 11 is 3.38. The number of carbonyl (C=O) groups is 3. The van der Waals surface area contributed by atoms with Crippen LogP contribution in [-0.2, 0) is 22.6 Å². The van der Waals surface area contributed by atoms with Crippen molar-refractivity contribution in [2.24, 2.45) is 5.73 Å². The average molecular weight is 676 g/mol. The van der Waals surface area contributed by atoms with Crippen LogP contribution in [0.5, 0.6) is 5.75 Å². The van der Waals surface area contributed by atoms with Gasteiger partial charge in [-0.1, -0.05) is 18.2 Å². The van der Waals surface area contributed by atoms with Gasteiger partial charge < -0.3 is 30.6 Å². The number of anilines is 2. The predicted molar refractivity (Wildman–Crippen MR) is 171 cm³/mol. The maximum atomic E-state index is 15.0. The van der Waals surface area contributed by atoms with Crippen LogP contribution in [0, 0.1) is 5.82 Å². The van der Waals surface area contributed by atoms with Gasteiger partial charge in [0.2, 0.25) is 5.89 Å². The zero-order valence-corrected chi connectivity index (χ0v) is 25.6. The highest BCUT2D eigenvalue weighted by Gasteiger charge is 2.18. The maximum Gasteiger partial charge on any atom is 0.320 e. The number of fused-ring (bicyclic) bond motifs is 1. The second-order valence-electron chi connectivity index (χ2n) is 10.2. The smallest absolute Gasteiger partial charge is 0.320 e. The van der Waals surface area contributed by atoms with Crippen LogP contribution < -0.4 is 21.1 Å². The lowest BCUT2D eigenvalue weighted by molar-refractivity contribution is -0.140. The van der Waals surface area contributed by atoms with E-state index in [4.69, 9.17) is 20.0 Å². The number of rotatable bonds is 12. The lowest BCUT2D eigenvalue weighted by Gasteiger charge is -2.10. The van der Waals surface area contributed by atoms with Gasteiger partial charge in [0.15, 0.2) is 5.58 Å². The number of amides is 1. The fourth-order valence-corrected chi connectivity index (χ4v) is 5.09. The zero-order chi connectivity index (χ0) is 32.1. The van der Waals surface area contributed by atoms with E-state index in [2.05, 4.69) is 31.5 Å². The van der Waals surface area contributed by atoms with E-state index >= 15 is 4.39 Å². The van der Waals surface area contributed by atoms with Gasteiger partial charge in [0.05, 0.1) is 17.3 Å². The number of aliphatic carboxylic acids is 1. The Labute approximate surface area is 265 Å². The number of aromatic nitrogens is 1. The number of carboxylic acids is 1. The first kappa shape index (κ1) is 31.4. The second kappa shape index (κ2) is 13.7. The van der Waals surface area contributed by atoms with E-state index in [1.54, 1.807) is 67.8 Å². The number of nitrogens with zero attached hydrogens (tertiary/aromatic N) is 1. The van der Waals surface area contributed by atoms with E-state index in [1.807, 2.05) is 12.1 Å². The molecule has 1 aromatic heterocycles. The lowest BCUT2D eigenvalue weighted by Crippen LogP contribution is -2.32. The van der Waals surface area contributed by atoms with Crippen molar-refractivity contribution < 1.29 is 33.0 Å². The Morgan fingerprint density at radius 1 is 1.02 bits per heavy atom. The van der Waals surface area contributed by atoms with Crippen LogP contribution in [0.1, 0.15) is 27.9 Å². The van der Waals surface area contributed by atoms with E-state index in [9.17, 15) is 14.4 Å². The van der Waals surface area contributed by atoms with E-state index < -0.39 is 17.8 Å². The first-order chi connectivity index (χ1) is 21.6. The van der Waals surface area contributed by atoms with Crippen molar-refractivity contribution in [2.75, 3.05) is 17.7 Å². The summed E-state index contributed by atoms with van der Waals surface area (Å²) in [6.45, 7) is 0.345. The number of carboxylic acid groups (broad SMARTS) is 1. The minimum atomic E-state index is -1.25. The summed E-state index contributed by atoms with van der Waals surface area (Å²) in [4.78, 5) is 40.1. The summed E-state index contributed by atoms with van der Waals surface area (Å²) in [7, 11) is 1.55. The molecule has 0 spiro atoms. The van der Waals surface area contributed by atoms with Crippen molar-refractivity contribution in [1.82, 2.24) is 4.98 Å². The van der Waals surface area contributed by atoms with Crippen LogP contribution in [0.25, 0.3) is 22.6 Å². The molecular weight excluding hydrogens is 647 g/mol. The standard InChI is InChI=1S/C33H28BrFN4O6/c1-44-29-11-6-20(14-24(29)34)31(41)38-22-7-2-18(3-8-22)17-37-27-9-5-21(15-25(27)35)32-39-28-13-19(4-10-30(28)45-32)12-23(40)16-26(36)33(42)43/h2-11,13-15,26,37H,12,16-17,36H2,1H3,(H,38,41)(H,42,43)/t26-/m0/s1. The molecule has 4 aromatic carbocycles. The van der Waals surface area contributed by atoms with Gasteiger partial charge in [-0.3, -0.25) is 14.4 Å². The third-order valence-corrected chi connectivity index (χ3v) is 7.56. The molecule has 230 valence electrons. The predicted octanol–water partition coefficient (Wildman–Crippen LogP) is 6.18. The lowest BCUT2D eigenvalue weighted by atomic mass is 10.0. The number of benzene rings is 4. The molecule has 0 radical (unpaired) electrons. The maximum absolute atomic E-state index is 15.0. The van der Waals surface area contributed by atoms with Crippen LogP contribution in [-0.4, -0.2) is 40.9 Å². The van der Waals surface area contributed by atoms with Gasteiger partial charge in [-0.05, 0) is 87.7 Å². The molecule has 0 aliphatic carbocycles. The van der Waals surface area contributed by atoms with Crippen LogP contribution >= 0.6 is 15.9 Å². The molecule has 5 N–H and O–H groups in total. The van der Waals surface area contributed by atoms with E-state index in [1.165, 1.54) is 6.07 Å². The van der Waals surface area contributed by atoms with Crippen molar-refractivity contribution in [1.29, 1.82) is 0 Å². The zero-order valence-electron chi connectivity index (χ0n) is 24.0. The van der Waals surface area contributed by atoms with E-state index in [0.717, 1.165) is 5.56 Å². The third kappa shape index (κ3) is 7.72. The van der Waals surface area contributed by atoms with Gasteiger partial charge >= 0.3 is 5.97 Å². The number of ether oxygens (including phenoxy) is 1. The summed E-state index contributed by atoms with van der Waals surface area (Å²) in [5, 5.41) is 14.8. The Kier molecular flexibility index (Phi) is 9.55. The summed E-state index contributed by atoms with van der Waals surface area (Å²) in [6.07, 6.45) is -0.266. The number of ketones is 1. The number of oxazole rings is 1. The Morgan fingerprint density at radius 3 is 2.47 bits per heavy atom. The molecule has 1 atom stereocenters. The van der Waals surface area contributed by atoms with E-state index in [-0.39, 0.29) is 36.1 Å². The molecule has 0 fully saturated rings. The highest BCUT2D eigenvalue weighted by atomic mass is 79.9. The van der Waals surface area contributed by atoms with E-state index in [0.29, 0.717) is 50.2 Å². The molecule has 0 saturated carbocycles. The van der Waals surface area contributed by atoms with Crippen molar-refractivity contribution in [3.8, 4) is 17.2 Å². The molecule has 0 bridgehead atoms. The highest BCUT2D eigenvalue weighted by molar-refractivity contribution is 9.10. The number of Topliss-reactive ketones (excluding diaryl/α,β-unsaturated/α-hetero) is 1. The summed E-state index contributed by atoms with van der Waals surface area (Å²) in [6, 6.07) is 20.6. The van der Waals surface area contributed by atoms with Gasteiger partial charge in [0.1, 0.15) is 28.9 Å². The minimum Gasteiger partial charge on any atom is -0.496 e. The monoisotopic (exact) mass is 674 g/mol. The third-order valence-electron chi connectivity index (χ3n) is 6.94. The second-order valence-corrected chi connectivity index (χ2v) is 11.1. The summed E-state index contributed by atoms with van der Waals surface area (Å²) in [5.74, 6) is -1.45. The van der Waals surface area contributed by atoms with Gasteiger partial charge in [-0.15, -0.1) is 0 Å². The normalized spacial score (nSPS) is 11.6. The van der Waals surface area contributed by atoms with Crippen molar-refractivity contribution in [2.45, 2.75) is 25.4 Å². The molecule has 0 unspecified atom stereocenters. The molecule has 0 aliphatic rings. The average Bonchev–Trinajstić information content (AvgIpc) is 3.44. The number of nitrogens with one attached hydrogen (secondary N) is 2. The quantitative estimate of drug-likeness (QED) is 0.121. The fraction of sp³-hybridized carbons (Fsp3) is 0.152. The van der Waals surface area contributed by atoms with Crippen LogP contribution in [0.4, 0.5) is 15.8 Å². The van der Waals surface area contributed by atoms with Crippen molar-refractivity contribution in [3.63, 3.8) is 0 Å². The number of hydrogen-bond donors (Lipinski definition) is 4. The largest absolute Gasteiger partial charge is 0.496 e. The molecule has 0 saturated heterocycles. The summed E-state index contributed by atoms with van der Waals surface area (Å²) < 4.78 is 26.7. The number of hydrogen-bond acceptors (Lipinski definition) is 8. The van der Waals surface area contributed by atoms with Gasteiger partial charge in [-0.25, -0.2) is 9.37 Å². The molecule has 45 heavy (non-hydrogen) atoms. The molecule has 1 amide bonds. The van der Waals surface area contributed by atoms with Crippen LogP contribution in [0.2, 0.25) is 0 Å². The minimum absolute atomic E-state index is 0.00727. The molecule has 5 aromatic rings. The molecule has 1 heterocycles.